The predicted octanol–water partition coefficient (Wildman–Crippen LogP) is 3.15. The maximum absolute atomic E-state index is 5.89. The Bertz CT molecular complexity index is 391. The fourth-order valence-corrected chi connectivity index (χ4v) is 3.10. The smallest absolute Gasteiger partial charge is 0.118 e. The van der Waals surface area contributed by atoms with Gasteiger partial charge in [-0.3, -0.25) is 4.90 Å². The Morgan fingerprint density at radius 2 is 1.89 bits per heavy atom. The van der Waals surface area contributed by atoms with Crippen LogP contribution in [-0.2, 0) is 13.1 Å². The molecule has 0 amide bonds. The van der Waals surface area contributed by atoms with Gasteiger partial charge in [0.25, 0.3) is 0 Å². The lowest BCUT2D eigenvalue weighted by molar-refractivity contribution is 0.248. The van der Waals surface area contributed by atoms with Gasteiger partial charge < -0.3 is 9.73 Å². The SMILES string of the molecule is CN(Cc1ccc(CNC2CC2)o1)CC1CCCC1. The molecule has 3 rings (SSSR count). The summed E-state index contributed by atoms with van der Waals surface area (Å²) in [5.41, 5.74) is 0. The van der Waals surface area contributed by atoms with Crippen LogP contribution in [0.1, 0.15) is 50.0 Å². The van der Waals surface area contributed by atoms with Crippen molar-refractivity contribution in [1.82, 2.24) is 10.2 Å². The highest BCUT2D eigenvalue weighted by molar-refractivity contribution is 5.07. The molecule has 0 unspecified atom stereocenters. The van der Waals surface area contributed by atoms with E-state index in [0.717, 1.165) is 36.6 Å². The lowest BCUT2D eigenvalue weighted by Crippen LogP contribution is -2.23. The first-order valence-electron chi connectivity index (χ1n) is 7.79. The quantitative estimate of drug-likeness (QED) is 0.818. The van der Waals surface area contributed by atoms with E-state index in [2.05, 4.69) is 29.4 Å². The summed E-state index contributed by atoms with van der Waals surface area (Å²) in [5.74, 6) is 3.10. The van der Waals surface area contributed by atoms with Crippen LogP contribution in [-0.4, -0.2) is 24.5 Å². The Kier molecular flexibility index (Phi) is 4.24. The number of furan rings is 1. The van der Waals surface area contributed by atoms with Gasteiger partial charge in [-0.2, -0.15) is 0 Å². The summed E-state index contributed by atoms with van der Waals surface area (Å²) < 4.78 is 5.89. The van der Waals surface area contributed by atoms with E-state index < -0.39 is 0 Å². The van der Waals surface area contributed by atoms with Crippen molar-refractivity contribution in [3.63, 3.8) is 0 Å². The van der Waals surface area contributed by atoms with Gasteiger partial charge in [0, 0.05) is 12.6 Å². The molecule has 1 N–H and O–H groups in total. The first kappa shape index (κ1) is 13.2. The summed E-state index contributed by atoms with van der Waals surface area (Å²) in [7, 11) is 2.21. The molecule has 3 heteroatoms. The van der Waals surface area contributed by atoms with Gasteiger partial charge in [0.15, 0.2) is 0 Å². The van der Waals surface area contributed by atoms with Crippen LogP contribution in [0.25, 0.3) is 0 Å². The topological polar surface area (TPSA) is 28.4 Å². The van der Waals surface area contributed by atoms with Crippen molar-refractivity contribution < 1.29 is 4.42 Å². The molecule has 1 heterocycles. The standard InChI is InChI=1S/C16H26N2O/c1-18(11-13-4-2-3-5-13)12-16-9-8-15(19-16)10-17-14-6-7-14/h8-9,13-14,17H,2-7,10-12H2,1H3. The zero-order valence-corrected chi connectivity index (χ0v) is 12.0. The Morgan fingerprint density at radius 3 is 2.63 bits per heavy atom. The summed E-state index contributed by atoms with van der Waals surface area (Å²) in [6.45, 7) is 3.05. The van der Waals surface area contributed by atoms with Crippen LogP contribution in [0, 0.1) is 5.92 Å². The van der Waals surface area contributed by atoms with Crippen molar-refractivity contribution in [2.45, 2.75) is 57.7 Å². The molecule has 2 aliphatic rings. The van der Waals surface area contributed by atoms with E-state index in [1.165, 1.54) is 45.1 Å². The van der Waals surface area contributed by atoms with Crippen LogP contribution in [0.3, 0.4) is 0 Å². The molecule has 0 bridgehead atoms. The molecule has 0 saturated heterocycles. The van der Waals surface area contributed by atoms with E-state index in [9.17, 15) is 0 Å². The third-order valence-electron chi connectivity index (χ3n) is 4.33. The molecule has 0 spiro atoms. The van der Waals surface area contributed by atoms with Crippen molar-refractivity contribution in [1.29, 1.82) is 0 Å². The van der Waals surface area contributed by atoms with Crippen LogP contribution in [0.4, 0.5) is 0 Å². The summed E-state index contributed by atoms with van der Waals surface area (Å²) >= 11 is 0. The van der Waals surface area contributed by atoms with Crippen LogP contribution in [0.15, 0.2) is 16.5 Å². The molecule has 1 aromatic rings. The van der Waals surface area contributed by atoms with Crippen molar-refractivity contribution in [3.8, 4) is 0 Å². The average Bonchev–Trinajstić information content (AvgIpc) is 2.88. The number of nitrogens with one attached hydrogen (secondary N) is 1. The summed E-state index contributed by atoms with van der Waals surface area (Å²) in [4.78, 5) is 2.41. The van der Waals surface area contributed by atoms with Gasteiger partial charge in [0.1, 0.15) is 11.5 Å². The second kappa shape index (κ2) is 6.10. The van der Waals surface area contributed by atoms with E-state index >= 15 is 0 Å². The molecule has 106 valence electrons. The van der Waals surface area contributed by atoms with Gasteiger partial charge in [-0.1, -0.05) is 12.8 Å². The normalized spacial score (nSPS) is 20.5. The molecule has 0 aliphatic heterocycles. The number of hydrogen-bond donors (Lipinski definition) is 1. The molecule has 2 fully saturated rings. The lowest BCUT2D eigenvalue weighted by Gasteiger charge is -2.19. The van der Waals surface area contributed by atoms with E-state index in [-0.39, 0.29) is 0 Å². The van der Waals surface area contributed by atoms with Gasteiger partial charge in [-0.25, -0.2) is 0 Å². The second-order valence-corrected chi connectivity index (χ2v) is 6.37. The minimum atomic E-state index is 0.749. The van der Waals surface area contributed by atoms with E-state index in [4.69, 9.17) is 4.42 Å². The lowest BCUT2D eigenvalue weighted by atomic mass is 10.1. The Labute approximate surface area is 116 Å². The molecule has 0 radical (unpaired) electrons. The maximum Gasteiger partial charge on any atom is 0.118 e. The average molecular weight is 262 g/mol. The Hall–Kier alpha value is -0.800. The third kappa shape index (κ3) is 4.08. The minimum Gasteiger partial charge on any atom is -0.463 e. The fraction of sp³-hybridized carbons (Fsp3) is 0.750. The van der Waals surface area contributed by atoms with Crippen LogP contribution in [0.2, 0.25) is 0 Å². The molecular formula is C16H26N2O. The van der Waals surface area contributed by atoms with E-state index in [1.807, 2.05) is 0 Å². The molecule has 2 saturated carbocycles. The number of hydrogen-bond acceptors (Lipinski definition) is 3. The molecule has 2 aliphatic carbocycles. The predicted molar refractivity (Wildman–Crippen MR) is 76.9 cm³/mol. The summed E-state index contributed by atoms with van der Waals surface area (Å²) in [5, 5.41) is 3.49. The number of rotatable bonds is 7. The molecule has 0 atom stereocenters. The minimum absolute atomic E-state index is 0.749. The monoisotopic (exact) mass is 262 g/mol. The second-order valence-electron chi connectivity index (χ2n) is 6.37. The highest BCUT2D eigenvalue weighted by atomic mass is 16.3. The van der Waals surface area contributed by atoms with Gasteiger partial charge in [0.2, 0.25) is 0 Å². The Morgan fingerprint density at radius 1 is 1.16 bits per heavy atom. The maximum atomic E-state index is 5.89. The first-order chi connectivity index (χ1) is 9.29. The summed E-state index contributed by atoms with van der Waals surface area (Å²) in [6, 6.07) is 5.00. The van der Waals surface area contributed by atoms with Crippen molar-refractivity contribution >= 4 is 0 Å². The molecule has 0 aromatic carbocycles. The first-order valence-corrected chi connectivity index (χ1v) is 7.79. The molecule has 3 nitrogen and oxygen atoms in total. The van der Waals surface area contributed by atoms with Crippen molar-refractivity contribution in [2.75, 3.05) is 13.6 Å². The molecular weight excluding hydrogens is 236 g/mol. The zero-order valence-electron chi connectivity index (χ0n) is 12.0. The largest absolute Gasteiger partial charge is 0.463 e. The highest BCUT2D eigenvalue weighted by Crippen LogP contribution is 2.25. The van der Waals surface area contributed by atoms with E-state index in [0.29, 0.717) is 0 Å². The van der Waals surface area contributed by atoms with Gasteiger partial charge in [-0.05, 0) is 50.8 Å². The Balaban J connectivity index is 1.42. The molecule has 19 heavy (non-hydrogen) atoms. The third-order valence-corrected chi connectivity index (χ3v) is 4.33. The van der Waals surface area contributed by atoms with Gasteiger partial charge >= 0.3 is 0 Å². The van der Waals surface area contributed by atoms with Crippen LogP contribution >= 0.6 is 0 Å². The van der Waals surface area contributed by atoms with Crippen LogP contribution in [0.5, 0.6) is 0 Å². The number of nitrogens with zero attached hydrogens (tertiary/aromatic N) is 1. The summed E-state index contributed by atoms with van der Waals surface area (Å²) in [6.07, 6.45) is 8.35. The molecule has 1 aromatic heterocycles. The van der Waals surface area contributed by atoms with Crippen molar-refractivity contribution in [3.05, 3.63) is 23.7 Å². The fourth-order valence-electron chi connectivity index (χ4n) is 3.10. The zero-order chi connectivity index (χ0) is 13.1. The van der Waals surface area contributed by atoms with Gasteiger partial charge in [-0.15, -0.1) is 0 Å². The van der Waals surface area contributed by atoms with Crippen molar-refractivity contribution in [2.24, 2.45) is 5.92 Å². The highest BCUT2D eigenvalue weighted by Gasteiger charge is 2.21. The van der Waals surface area contributed by atoms with E-state index in [1.54, 1.807) is 0 Å². The van der Waals surface area contributed by atoms with Crippen LogP contribution < -0.4 is 5.32 Å². The van der Waals surface area contributed by atoms with Gasteiger partial charge in [0.05, 0.1) is 13.1 Å².